The summed E-state index contributed by atoms with van der Waals surface area (Å²) in [6.07, 6.45) is 2.13. The molecule has 4 rings (SSSR count). The van der Waals surface area contributed by atoms with Crippen LogP contribution in [-0.2, 0) is 21.2 Å². The van der Waals surface area contributed by atoms with E-state index in [9.17, 15) is 13.2 Å². The number of carbonyl (C=O) groups is 1. The fourth-order valence-corrected chi connectivity index (χ4v) is 6.94. The number of nitrogens with zero attached hydrogens (tertiary/aromatic N) is 3. The molecule has 1 aliphatic heterocycles. The quantitative estimate of drug-likeness (QED) is 0.574. The van der Waals surface area contributed by atoms with Gasteiger partial charge in [0.25, 0.3) is 10.0 Å². The Bertz CT molecular complexity index is 1100. The molecule has 1 aliphatic rings. The van der Waals surface area contributed by atoms with Gasteiger partial charge in [-0.2, -0.15) is 9.29 Å². The minimum absolute atomic E-state index is 0.0828. The Morgan fingerprint density at radius 3 is 3.00 bits per heavy atom. The second kappa shape index (κ2) is 8.96. The zero-order chi connectivity index (χ0) is 21.1. The van der Waals surface area contributed by atoms with Gasteiger partial charge in [0.15, 0.2) is 0 Å². The van der Waals surface area contributed by atoms with Crippen LogP contribution in [-0.4, -0.2) is 48.4 Å². The van der Waals surface area contributed by atoms with E-state index in [0.717, 1.165) is 17.8 Å². The van der Waals surface area contributed by atoms with Crippen LogP contribution in [0.2, 0.25) is 0 Å². The molecule has 0 radical (unpaired) electrons. The van der Waals surface area contributed by atoms with Crippen LogP contribution in [0.15, 0.2) is 37.7 Å². The molecule has 1 N–H and O–H groups in total. The van der Waals surface area contributed by atoms with Crippen LogP contribution in [0, 0.1) is 12.8 Å². The molecule has 1 saturated heterocycles. The van der Waals surface area contributed by atoms with Gasteiger partial charge >= 0.3 is 0 Å². The van der Waals surface area contributed by atoms with E-state index in [1.54, 1.807) is 29.7 Å². The number of hydrogen-bond acceptors (Lipinski definition) is 8. The summed E-state index contributed by atoms with van der Waals surface area (Å²) < 4.78 is 32.8. The van der Waals surface area contributed by atoms with Crippen molar-refractivity contribution in [2.24, 2.45) is 5.92 Å². The smallest absolute Gasteiger partial charge is 0.252 e. The standard InChI is InChI=1S/C19H22N4O4S3/c1-13-21-18(22-27-13)15-10-17(29-12-15)30(25,26)23-8-2-4-14(11-23)19(24)20-7-6-16-5-3-9-28-16/h3,5,9-10,12,14H,2,4,6-8,11H2,1H3,(H,20,24)/t14-/m0/s1. The van der Waals surface area contributed by atoms with Crippen molar-refractivity contribution < 1.29 is 17.7 Å². The van der Waals surface area contributed by atoms with E-state index in [4.69, 9.17) is 4.52 Å². The Morgan fingerprint density at radius 2 is 2.27 bits per heavy atom. The topological polar surface area (TPSA) is 105 Å². The lowest BCUT2D eigenvalue weighted by Gasteiger charge is -2.30. The number of piperidine rings is 1. The number of nitrogens with one attached hydrogen (secondary N) is 1. The molecule has 0 aliphatic carbocycles. The predicted octanol–water partition coefficient (Wildman–Crippen LogP) is 2.93. The molecule has 0 bridgehead atoms. The maximum absolute atomic E-state index is 13.1. The van der Waals surface area contributed by atoms with Crippen LogP contribution >= 0.6 is 22.7 Å². The zero-order valence-corrected chi connectivity index (χ0v) is 18.9. The van der Waals surface area contributed by atoms with Crippen molar-refractivity contribution in [3.8, 4) is 11.4 Å². The maximum Gasteiger partial charge on any atom is 0.252 e. The molecule has 160 valence electrons. The Morgan fingerprint density at radius 1 is 1.40 bits per heavy atom. The first-order valence-electron chi connectivity index (χ1n) is 9.63. The highest BCUT2D eigenvalue weighted by atomic mass is 32.2. The largest absolute Gasteiger partial charge is 0.355 e. The van der Waals surface area contributed by atoms with E-state index in [-0.39, 0.29) is 22.6 Å². The van der Waals surface area contributed by atoms with Gasteiger partial charge in [-0.05, 0) is 36.8 Å². The molecule has 3 aromatic rings. The number of hydrogen-bond donors (Lipinski definition) is 1. The lowest BCUT2D eigenvalue weighted by Crippen LogP contribution is -2.45. The van der Waals surface area contributed by atoms with Crippen molar-refractivity contribution >= 4 is 38.6 Å². The van der Waals surface area contributed by atoms with Crippen molar-refractivity contribution in [2.75, 3.05) is 19.6 Å². The lowest BCUT2D eigenvalue weighted by atomic mass is 9.99. The normalized spacial score (nSPS) is 17.8. The van der Waals surface area contributed by atoms with Gasteiger partial charge in [-0.15, -0.1) is 22.7 Å². The summed E-state index contributed by atoms with van der Waals surface area (Å²) in [6.45, 7) is 2.85. The SMILES string of the molecule is Cc1nc(-c2csc(S(=O)(=O)N3CCC[C@H](C(=O)NCCc4cccs4)C3)c2)no1. The van der Waals surface area contributed by atoms with Crippen LogP contribution in [0.5, 0.6) is 0 Å². The van der Waals surface area contributed by atoms with Gasteiger partial charge in [-0.3, -0.25) is 4.79 Å². The molecule has 4 heterocycles. The van der Waals surface area contributed by atoms with Crippen LogP contribution < -0.4 is 5.32 Å². The first-order valence-corrected chi connectivity index (χ1v) is 12.8. The van der Waals surface area contributed by atoms with Gasteiger partial charge in [-0.25, -0.2) is 8.42 Å². The van der Waals surface area contributed by atoms with Crippen LogP contribution in [0.4, 0.5) is 0 Å². The first-order chi connectivity index (χ1) is 14.4. The number of aryl methyl sites for hydroxylation is 1. The minimum atomic E-state index is -3.68. The van der Waals surface area contributed by atoms with Crippen molar-refractivity contribution in [1.29, 1.82) is 0 Å². The van der Waals surface area contributed by atoms with E-state index in [0.29, 0.717) is 43.2 Å². The third-order valence-electron chi connectivity index (χ3n) is 4.96. The molecule has 0 saturated carbocycles. The fourth-order valence-electron chi connectivity index (χ4n) is 3.40. The summed E-state index contributed by atoms with van der Waals surface area (Å²) >= 11 is 2.79. The number of carbonyl (C=O) groups excluding carboxylic acids is 1. The Kier molecular flexibility index (Phi) is 6.32. The van der Waals surface area contributed by atoms with Crippen LogP contribution in [0.25, 0.3) is 11.4 Å². The third-order valence-corrected chi connectivity index (χ3v) is 9.18. The highest BCUT2D eigenvalue weighted by molar-refractivity contribution is 7.91. The number of aromatic nitrogens is 2. The Hall–Kier alpha value is -2.08. The second-order valence-corrected chi connectivity index (χ2v) is 11.2. The van der Waals surface area contributed by atoms with E-state index in [1.807, 2.05) is 17.5 Å². The second-order valence-electron chi connectivity index (χ2n) is 7.11. The summed E-state index contributed by atoms with van der Waals surface area (Å²) in [7, 11) is -3.68. The summed E-state index contributed by atoms with van der Waals surface area (Å²) in [4.78, 5) is 17.9. The van der Waals surface area contributed by atoms with Gasteiger partial charge in [0.1, 0.15) is 4.21 Å². The molecule has 1 amide bonds. The Balaban J connectivity index is 1.39. The molecular weight excluding hydrogens is 444 g/mol. The zero-order valence-electron chi connectivity index (χ0n) is 16.4. The van der Waals surface area contributed by atoms with Gasteiger partial charge < -0.3 is 9.84 Å². The molecule has 1 atom stereocenters. The van der Waals surface area contributed by atoms with Gasteiger partial charge in [0.05, 0.1) is 5.92 Å². The predicted molar refractivity (Wildman–Crippen MR) is 115 cm³/mol. The first kappa shape index (κ1) is 21.2. The molecule has 30 heavy (non-hydrogen) atoms. The molecular formula is C19H22N4O4S3. The van der Waals surface area contributed by atoms with Crippen LogP contribution in [0.3, 0.4) is 0 Å². The molecule has 11 heteroatoms. The van der Waals surface area contributed by atoms with Crippen LogP contribution in [0.1, 0.15) is 23.6 Å². The summed E-state index contributed by atoms with van der Waals surface area (Å²) in [5.74, 6) is 0.369. The number of thiophene rings is 2. The fraction of sp³-hybridized carbons (Fsp3) is 0.421. The average molecular weight is 467 g/mol. The molecule has 0 aromatic carbocycles. The summed E-state index contributed by atoms with van der Waals surface area (Å²) in [5.41, 5.74) is 0.607. The molecule has 1 fully saturated rings. The number of rotatable bonds is 7. The van der Waals surface area contributed by atoms with E-state index >= 15 is 0 Å². The van der Waals surface area contributed by atoms with Gasteiger partial charge in [0.2, 0.25) is 17.6 Å². The highest BCUT2D eigenvalue weighted by Crippen LogP contribution is 2.31. The lowest BCUT2D eigenvalue weighted by molar-refractivity contribution is -0.126. The number of sulfonamides is 1. The average Bonchev–Trinajstić information content (AvgIpc) is 3.49. The van der Waals surface area contributed by atoms with Gasteiger partial charge in [0, 0.05) is 42.4 Å². The van der Waals surface area contributed by atoms with Gasteiger partial charge in [-0.1, -0.05) is 11.2 Å². The van der Waals surface area contributed by atoms with Crippen molar-refractivity contribution in [2.45, 2.75) is 30.4 Å². The third kappa shape index (κ3) is 4.64. The van der Waals surface area contributed by atoms with Crippen molar-refractivity contribution in [1.82, 2.24) is 19.8 Å². The monoisotopic (exact) mass is 466 g/mol. The summed E-state index contributed by atoms with van der Waals surface area (Å²) in [5, 5.41) is 10.5. The molecule has 8 nitrogen and oxygen atoms in total. The molecule has 0 spiro atoms. The number of amides is 1. The van der Waals surface area contributed by atoms with E-state index in [2.05, 4.69) is 15.5 Å². The minimum Gasteiger partial charge on any atom is -0.355 e. The summed E-state index contributed by atoms with van der Waals surface area (Å²) in [6, 6.07) is 5.59. The molecule has 3 aromatic heterocycles. The maximum atomic E-state index is 13.1. The Labute approximate surface area is 183 Å². The highest BCUT2D eigenvalue weighted by Gasteiger charge is 2.34. The molecule has 0 unspecified atom stereocenters. The van der Waals surface area contributed by atoms with Crippen molar-refractivity contribution in [3.05, 3.63) is 39.7 Å². The van der Waals surface area contributed by atoms with Crippen molar-refractivity contribution in [3.63, 3.8) is 0 Å². The van der Waals surface area contributed by atoms with E-state index in [1.165, 1.54) is 9.18 Å². The van der Waals surface area contributed by atoms with E-state index < -0.39 is 10.0 Å².